The van der Waals surface area contributed by atoms with Crippen LogP contribution in [0.25, 0.3) is 0 Å². The smallest absolute Gasteiger partial charge is 0.246 e. The first-order chi connectivity index (χ1) is 8.76. The van der Waals surface area contributed by atoms with E-state index >= 15 is 0 Å². The predicted molar refractivity (Wildman–Crippen MR) is 68.5 cm³/mol. The molecule has 1 aliphatic heterocycles. The Morgan fingerprint density at radius 2 is 2.22 bits per heavy atom. The molecule has 1 amide bonds. The first-order valence-corrected chi connectivity index (χ1v) is 5.91. The zero-order valence-corrected chi connectivity index (χ0v) is 10.5. The summed E-state index contributed by atoms with van der Waals surface area (Å²) >= 11 is 0. The highest BCUT2D eigenvalue weighted by molar-refractivity contribution is 5.87. The van der Waals surface area contributed by atoms with Crippen LogP contribution >= 0.6 is 0 Å². The van der Waals surface area contributed by atoms with Gasteiger partial charge in [-0.3, -0.25) is 4.79 Å². The van der Waals surface area contributed by atoms with Crippen LogP contribution in [0.3, 0.4) is 0 Å². The quantitative estimate of drug-likeness (QED) is 0.764. The third-order valence-electron chi connectivity index (χ3n) is 3.09. The summed E-state index contributed by atoms with van der Waals surface area (Å²) in [5, 5.41) is 0. The van der Waals surface area contributed by atoms with Crippen LogP contribution in [0.2, 0.25) is 0 Å². The largest absolute Gasteiger partial charge is 0.497 e. The van der Waals surface area contributed by atoms with Crippen molar-refractivity contribution < 1.29 is 14.3 Å². The number of benzene rings is 1. The van der Waals surface area contributed by atoms with Gasteiger partial charge in [0.1, 0.15) is 5.75 Å². The molecule has 1 unspecified atom stereocenters. The van der Waals surface area contributed by atoms with Crippen LogP contribution in [-0.2, 0) is 9.53 Å². The first kappa shape index (κ1) is 12.6. The molecule has 1 aromatic rings. The Bertz CT molecular complexity index is 427. The second-order valence-electron chi connectivity index (χ2n) is 4.10. The summed E-state index contributed by atoms with van der Waals surface area (Å²) in [6, 6.07) is 7.65. The molecule has 18 heavy (non-hydrogen) atoms. The Hall–Kier alpha value is -1.81. The molecular weight excluding hydrogens is 230 g/mol. The molecule has 1 saturated heterocycles. The minimum atomic E-state index is -0.0564. The van der Waals surface area contributed by atoms with Crippen molar-refractivity contribution >= 4 is 5.91 Å². The van der Waals surface area contributed by atoms with E-state index in [0.717, 1.165) is 11.3 Å². The zero-order valence-electron chi connectivity index (χ0n) is 10.5. The molecule has 1 heterocycles. The number of hydrogen-bond donors (Lipinski definition) is 0. The molecule has 1 atom stereocenters. The van der Waals surface area contributed by atoms with E-state index in [1.54, 1.807) is 12.0 Å². The number of carbonyl (C=O) groups excluding carboxylic acids is 1. The fourth-order valence-corrected chi connectivity index (χ4v) is 2.09. The van der Waals surface area contributed by atoms with Crippen LogP contribution in [0.5, 0.6) is 5.75 Å². The van der Waals surface area contributed by atoms with Gasteiger partial charge in [-0.15, -0.1) is 0 Å². The Kier molecular flexibility index (Phi) is 3.99. The number of rotatable bonds is 3. The molecule has 2 rings (SSSR count). The van der Waals surface area contributed by atoms with Crippen LogP contribution in [0.15, 0.2) is 36.9 Å². The van der Waals surface area contributed by atoms with Crippen LogP contribution in [0.1, 0.15) is 11.6 Å². The second kappa shape index (κ2) is 5.69. The molecule has 0 N–H and O–H groups in total. The van der Waals surface area contributed by atoms with Crippen molar-refractivity contribution in [2.24, 2.45) is 0 Å². The van der Waals surface area contributed by atoms with E-state index < -0.39 is 0 Å². The topological polar surface area (TPSA) is 38.8 Å². The van der Waals surface area contributed by atoms with E-state index in [0.29, 0.717) is 19.8 Å². The molecule has 0 saturated carbocycles. The third kappa shape index (κ3) is 2.54. The molecule has 0 radical (unpaired) electrons. The van der Waals surface area contributed by atoms with Gasteiger partial charge >= 0.3 is 0 Å². The number of ether oxygens (including phenoxy) is 2. The normalized spacial score (nSPS) is 19.4. The monoisotopic (exact) mass is 247 g/mol. The fraction of sp³-hybridized carbons (Fsp3) is 0.357. The summed E-state index contributed by atoms with van der Waals surface area (Å²) in [7, 11) is 1.63. The molecule has 0 aliphatic carbocycles. The lowest BCUT2D eigenvalue weighted by atomic mass is 10.0. The SMILES string of the molecule is C=CC(=O)N1CCOCC1c1ccc(OC)cc1. The summed E-state index contributed by atoms with van der Waals surface area (Å²) in [5.41, 5.74) is 1.05. The molecular formula is C14H17NO3. The Labute approximate surface area is 107 Å². The van der Waals surface area contributed by atoms with Gasteiger partial charge in [-0.1, -0.05) is 18.7 Å². The second-order valence-corrected chi connectivity index (χ2v) is 4.10. The van der Waals surface area contributed by atoms with E-state index in [4.69, 9.17) is 9.47 Å². The average molecular weight is 247 g/mol. The van der Waals surface area contributed by atoms with Crippen LogP contribution < -0.4 is 4.74 Å². The van der Waals surface area contributed by atoms with Crippen LogP contribution in [0, 0.1) is 0 Å². The lowest BCUT2D eigenvalue weighted by molar-refractivity contribution is -0.134. The molecule has 4 nitrogen and oxygen atoms in total. The minimum absolute atomic E-state index is 0.0462. The van der Waals surface area contributed by atoms with Crippen molar-refractivity contribution in [3.8, 4) is 5.75 Å². The van der Waals surface area contributed by atoms with Gasteiger partial charge in [-0.2, -0.15) is 0 Å². The van der Waals surface area contributed by atoms with Gasteiger partial charge in [0.15, 0.2) is 0 Å². The molecule has 96 valence electrons. The highest BCUT2D eigenvalue weighted by atomic mass is 16.5. The Morgan fingerprint density at radius 3 is 2.83 bits per heavy atom. The molecule has 1 fully saturated rings. The molecule has 0 bridgehead atoms. The number of nitrogens with zero attached hydrogens (tertiary/aromatic N) is 1. The summed E-state index contributed by atoms with van der Waals surface area (Å²) < 4.78 is 10.6. The van der Waals surface area contributed by atoms with Crippen LogP contribution in [0.4, 0.5) is 0 Å². The van der Waals surface area contributed by atoms with Crippen molar-refractivity contribution in [2.45, 2.75) is 6.04 Å². The highest BCUT2D eigenvalue weighted by Crippen LogP contribution is 2.26. The van der Waals surface area contributed by atoms with E-state index in [2.05, 4.69) is 6.58 Å². The van der Waals surface area contributed by atoms with E-state index in [1.807, 2.05) is 24.3 Å². The van der Waals surface area contributed by atoms with Crippen molar-refractivity contribution in [1.82, 2.24) is 4.90 Å². The molecule has 0 aromatic heterocycles. The van der Waals surface area contributed by atoms with Gasteiger partial charge < -0.3 is 14.4 Å². The average Bonchev–Trinajstić information content (AvgIpc) is 2.46. The maximum atomic E-state index is 11.8. The van der Waals surface area contributed by atoms with Gasteiger partial charge in [0, 0.05) is 6.54 Å². The van der Waals surface area contributed by atoms with Gasteiger partial charge in [0.05, 0.1) is 26.4 Å². The summed E-state index contributed by atoms with van der Waals surface area (Å²) in [6.07, 6.45) is 1.35. The molecule has 4 heteroatoms. The van der Waals surface area contributed by atoms with Crippen molar-refractivity contribution in [2.75, 3.05) is 26.9 Å². The van der Waals surface area contributed by atoms with Crippen LogP contribution in [-0.4, -0.2) is 37.7 Å². The summed E-state index contributed by atoms with van der Waals surface area (Å²) in [4.78, 5) is 13.6. The van der Waals surface area contributed by atoms with Crippen molar-refractivity contribution in [1.29, 1.82) is 0 Å². The van der Waals surface area contributed by atoms with E-state index in [-0.39, 0.29) is 11.9 Å². The standard InChI is InChI=1S/C14H17NO3/c1-3-14(16)15-8-9-18-10-13(15)11-4-6-12(17-2)7-5-11/h3-7,13H,1,8-10H2,2H3. The first-order valence-electron chi connectivity index (χ1n) is 5.91. The van der Waals surface area contributed by atoms with Gasteiger partial charge in [0.2, 0.25) is 5.91 Å². The molecule has 1 aromatic carbocycles. The lowest BCUT2D eigenvalue weighted by Gasteiger charge is -2.35. The molecule has 0 spiro atoms. The number of amides is 1. The maximum absolute atomic E-state index is 11.8. The summed E-state index contributed by atoms with van der Waals surface area (Å²) in [6.45, 7) is 5.23. The number of carbonyl (C=O) groups is 1. The number of methoxy groups -OCH3 is 1. The maximum Gasteiger partial charge on any atom is 0.246 e. The number of morpholine rings is 1. The molecule has 1 aliphatic rings. The fourth-order valence-electron chi connectivity index (χ4n) is 2.09. The number of hydrogen-bond acceptors (Lipinski definition) is 3. The lowest BCUT2D eigenvalue weighted by Crippen LogP contribution is -2.42. The predicted octanol–water partition coefficient (Wildman–Crippen LogP) is 1.78. The highest BCUT2D eigenvalue weighted by Gasteiger charge is 2.27. The van der Waals surface area contributed by atoms with Gasteiger partial charge in [-0.05, 0) is 23.8 Å². The van der Waals surface area contributed by atoms with Crippen molar-refractivity contribution in [3.63, 3.8) is 0 Å². The summed E-state index contributed by atoms with van der Waals surface area (Å²) in [5.74, 6) is 0.746. The van der Waals surface area contributed by atoms with Gasteiger partial charge in [-0.25, -0.2) is 0 Å². The Morgan fingerprint density at radius 1 is 1.50 bits per heavy atom. The third-order valence-corrected chi connectivity index (χ3v) is 3.09. The van der Waals surface area contributed by atoms with Crippen molar-refractivity contribution in [3.05, 3.63) is 42.5 Å². The van der Waals surface area contributed by atoms with E-state index in [9.17, 15) is 4.79 Å². The van der Waals surface area contributed by atoms with E-state index in [1.165, 1.54) is 6.08 Å². The zero-order chi connectivity index (χ0) is 13.0. The van der Waals surface area contributed by atoms with Gasteiger partial charge in [0.25, 0.3) is 0 Å². The Balaban J connectivity index is 2.21. The minimum Gasteiger partial charge on any atom is -0.497 e.